The quantitative estimate of drug-likeness (QED) is 0.561. The van der Waals surface area contributed by atoms with Crippen molar-refractivity contribution >= 4 is 0 Å². The van der Waals surface area contributed by atoms with Gasteiger partial charge in [0, 0.05) is 26.2 Å². The number of hydrogen-bond acceptors (Lipinski definition) is 0. The van der Waals surface area contributed by atoms with E-state index in [2.05, 4.69) is 32.9 Å². The van der Waals surface area contributed by atoms with E-state index in [0.29, 0.717) is 0 Å². The van der Waals surface area contributed by atoms with Gasteiger partial charge in [-0.15, -0.1) is 0 Å². The van der Waals surface area contributed by atoms with E-state index in [-0.39, 0.29) is 26.2 Å². The molecule has 0 aliphatic rings. The standard InChI is InChI=1S/C8H11.Zr/c1-6-4-5-7(2)8(6)3;/h4-5H,1-3H3;/q-1;. The number of hydrogen-bond donors (Lipinski definition) is 0. The molecule has 1 aromatic carbocycles. The summed E-state index contributed by atoms with van der Waals surface area (Å²) in [5, 5.41) is 0. The Morgan fingerprint density at radius 3 is 2.00 bits per heavy atom. The van der Waals surface area contributed by atoms with Crippen LogP contribution in [-0.4, -0.2) is 0 Å². The van der Waals surface area contributed by atoms with Gasteiger partial charge in [-0.05, 0) is 0 Å². The van der Waals surface area contributed by atoms with Gasteiger partial charge >= 0.3 is 0 Å². The summed E-state index contributed by atoms with van der Waals surface area (Å²) < 4.78 is 0. The van der Waals surface area contributed by atoms with E-state index in [1.165, 1.54) is 16.7 Å². The summed E-state index contributed by atoms with van der Waals surface area (Å²) in [6.07, 6.45) is 0. The molecule has 0 N–H and O–H groups in total. The summed E-state index contributed by atoms with van der Waals surface area (Å²) in [7, 11) is 0. The Balaban J connectivity index is 0.000000640. The summed E-state index contributed by atoms with van der Waals surface area (Å²) in [6.45, 7) is 6.44. The third-order valence-corrected chi connectivity index (χ3v) is 1.77. The third-order valence-electron chi connectivity index (χ3n) is 1.77. The molecule has 0 amide bonds. The van der Waals surface area contributed by atoms with Crippen LogP contribution < -0.4 is 0 Å². The summed E-state index contributed by atoms with van der Waals surface area (Å²) >= 11 is 0. The van der Waals surface area contributed by atoms with E-state index >= 15 is 0 Å². The van der Waals surface area contributed by atoms with Crippen LogP contribution in [0.1, 0.15) is 16.7 Å². The van der Waals surface area contributed by atoms with Crippen LogP contribution in [0.5, 0.6) is 0 Å². The van der Waals surface area contributed by atoms with E-state index in [0.717, 1.165) is 0 Å². The van der Waals surface area contributed by atoms with Crippen molar-refractivity contribution in [2.24, 2.45) is 0 Å². The van der Waals surface area contributed by atoms with Gasteiger partial charge in [0.25, 0.3) is 0 Å². The van der Waals surface area contributed by atoms with Gasteiger partial charge in [0.2, 0.25) is 0 Å². The van der Waals surface area contributed by atoms with Crippen molar-refractivity contribution in [3.8, 4) is 0 Å². The molecule has 0 nitrogen and oxygen atoms in total. The van der Waals surface area contributed by atoms with Crippen molar-refractivity contribution < 1.29 is 26.2 Å². The Morgan fingerprint density at radius 2 is 1.89 bits per heavy atom. The molecule has 1 heteroatoms. The third kappa shape index (κ3) is 1.83. The molecule has 0 atom stereocenters. The first-order valence-electron chi connectivity index (χ1n) is 2.91. The van der Waals surface area contributed by atoms with Crippen LogP contribution in [-0.2, 0) is 26.2 Å². The van der Waals surface area contributed by atoms with Crippen LogP contribution in [0.4, 0.5) is 0 Å². The molecule has 0 aliphatic heterocycles. The molecule has 0 heterocycles. The Hall–Kier alpha value is 0.233. The Labute approximate surface area is 75.8 Å². The maximum absolute atomic E-state index is 2.16. The first-order chi connectivity index (χ1) is 3.72. The van der Waals surface area contributed by atoms with E-state index < -0.39 is 0 Å². The summed E-state index contributed by atoms with van der Waals surface area (Å²) in [5.74, 6) is 0. The Bertz CT molecular complexity index is 167. The van der Waals surface area contributed by atoms with Crippen LogP contribution in [0, 0.1) is 20.8 Å². The van der Waals surface area contributed by atoms with Crippen molar-refractivity contribution in [1.82, 2.24) is 0 Å². The molecule has 0 bridgehead atoms. The minimum Gasteiger partial charge on any atom is -0.210 e. The fourth-order valence-electron chi connectivity index (χ4n) is 0.811. The van der Waals surface area contributed by atoms with Crippen molar-refractivity contribution in [3.05, 3.63) is 28.8 Å². The molecular weight excluding hydrogens is 187 g/mol. The Kier molecular flexibility index (Phi) is 3.50. The van der Waals surface area contributed by atoms with E-state index in [1.807, 2.05) is 0 Å². The molecule has 0 radical (unpaired) electrons. The van der Waals surface area contributed by atoms with Gasteiger partial charge in [0.05, 0.1) is 0 Å². The average Bonchev–Trinajstić information content (AvgIpc) is 1.98. The van der Waals surface area contributed by atoms with Gasteiger partial charge in [-0.25, -0.2) is 6.07 Å². The van der Waals surface area contributed by atoms with Crippen molar-refractivity contribution in [3.63, 3.8) is 0 Å². The van der Waals surface area contributed by atoms with E-state index in [1.54, 1.807) is 0 Å². The second kappa shape index (κ2) is 3.41. The first-order valence-corrected chi connectivity index (χ1v) is 2.91. The molecule has 1 aromatic rings. The molecule has 0 saturated carbocycles. The molecule has 0 aromatic heterocycles. The van der Waals surface area contributed by atoms with Crippen molar-refractivity contribution in [2.75, 3.05) is 0 Å². The fourth-order valence-corrected chi connectivity index (χ4v) is 0.811. The van der Waals surface area contributed by atoms with Crippen LogP contribution in [0.2, 0.25) is 0 Å². The van der Waals surface area contributed by atoms with Crippen LogP contribution >= 0.6 is 0 Å². The minimum absolute atomic E-state index is 0. The molecule has 0 unspecified atom stereocenters. The maximum Gasteiger partial charge on any atom is 0 e. The van der Waals surface area contributed by atoms with Crippen molar-refractivity contribution in [2.45, 2.75) is 20.8 Å². The predicted molar refractivity (Wildman–Crippen MR) is 36.2 cm³/mol. The molecule has 1 rings (SSSR count). The maximum atomic E-state index is 2.16. The molecule has 48 valence electrons. The monoisotopic (exact) mass is 197 g/mol. The van der Waals surface area contributed by atoms with Gasteiger partial charge in [-0.1, -0.05) is 20.8 Å². The number of aryl methyl sites for hydroxylation is 2. The predicted octanol–water partition coefficient (Wildman–Crippen LogP) is 2.33. The van der Waals surface area contributed by atoms with Crippen LogP contribution in [0.25, 0.3) is 0 Å². The average molecular weight is 198 g/mol. The van der Waals surface area contributed by atoms with E-state index in [4.69, 9.17) is 0 Å². The fraction of sp³-hybridized carbons (Fsp3) is 0.375. The second-order valence-corrected chi connectivity index (χ2v) is 2.32. The Morgan fingerprint density at radius 1 is 1.33 bits per heavy atom. The topological polar surface area (TPSA) is 0 Å². The second-order valence-electron chi connectivity index (χ2n) is 2.32. The normalized spacial score (nSPS) is 8.78. The first kappa shape index (κ1) is 9.23. The van der Waals surface area contributed by atoms with Crippen molar-refractivity contribution in [1.29, 1.82) is 0 Å². The molecule has 0 saturated heterocycles. The van der Waals surface area contributed by atoms with Crippen LogP contribution in [0.3, 0.4) is 0 Å². The summed E-state index contributed by atoms with van der Waals surface area (Å²) in [6, 6.07) is 4.31. The molecule has 0 spiro atoms. The van der Waals surface area contributed by atoms with Gasteiger partial charge in [-0.2, -0.15) is 22.8 Å². The van der Waals surface area contributed by atoms with Crippen LogP contribution in [0.15, 0.2) is 12.1 Å². The van der Waals surface area contributed by atoms with E-state index in [9.17, 15) is 0 Å². The zero-order valence-corrected chi connectivity index (χ0v) is 8.61. The molecule has 0 fully saturated rings. The van der Waals surface area contributed by atoms with Gasteiger partial charge in [0.15, 0.2) is 0 Å². The smallest absolute Gasteiger partial charge is 0 e. The zero-order valence-electron chi connectivity index (χ0n) is 6.15. The molecular formula is C8H11Zr-. The molecule has 0 aliphatic carbocycles. The van der Waals surface area contributed by atoms with Gasteiger partial charge in [0.1, 0.15) is 0 Å². The molecule has 9 heavy (non-hydrogen) atoms. The summed E-state index contributed by atoms with van der Waals surface area (Å²) in [4.78, 5) is 0. The summed E-state index contributed by atoms with van der Waals surface area (Å²) in [5.41, 5.74) is 4.25. The zero-order chi connectivity index (χ0) is 6.15. The SMILES string of the molecule is Cc1cc[c-](C)c1C.[Zr]. The minimum atomic E-state index is 0. The number of rotatable bonds is 0. The van der Waals surface area contributed by atoms with Gasteiger partial charge < -0.3 is 0 Å². The van der Waals surface area contributed by atoms with Gasteiger partial charge in [-0.3, -0.25) is 0 Å². The largest absolute Gasteiger partial charge is 0.210 e.